The lowest BCUT2D eigenvalue weighted by Gasteiger charge is -2.11. The summed E-state index contributed by atoms with van der Waals surface area (Å²) in [7, 11) is 1.67. The second-order valence-electron chi connectivity index (χ2n) is 4.95. The van der Waals surface area contributed by atoms with Crippen molar-refractivity contribution in [3.8, 4) is 11.8 Å². The zero-order valence-corrected chi connectivity index (χ0v) is 12.7. The molecule has 0 fully saturated rings. The van der Waals surface area contributed by atoms with E-state index in [0.29, 0.717) is 6.54 Å². The summed E-state index contributed by atoms with van der Waals surface area (Å²) in [5, 5.41) is 17.2. The minimum Gasteiger partial charge on any atom is -0.497 e. The highest BCUT2D eigenvalue weighted by Crippen LogP contribution is 2.35. The largest absolute Gasteiger partial charge is 0.497 e. The van der Waals surface area contributed by atoms with Gasteiger partial charge in [-0.15, -0.1) is 11.3 Å². The van der Waals surface area contributed by atoms with E-state index in [1.807, 2.05) is 18.2 Å². The zero-order valence-electron chi connectivity index (χ0n) is 11.9. The Morgan fingerprint density at radius 1 is 1.48 bits per heavy atom. The normalized spacial score (nSPS) is 13.3. The summed E-state index contributed by atoms with van der Waals surface area (Å²) in [5.41, 5.74) is 3.18. The number of anilines is 1. The van der Waals surface area contributed by atoms with Gasteiger partial charge in [-0.1, -0.05) is 12.1 Å². The first-order chi connectivity index (χ1) is 10.3. The summed E-state index contributed by atoms with van der Waals surface area (Å²) in [6, 6.07) is 10.3. The fourth-order valence-electron chi connectivity index (χ4n) is 2.54. The van der Waals surface area contributed by atoms with Gasteiger partial charge in [-0.25, -0.2) is 0 Å². The molecule has 0 unspecified atom stereocenters. The van der Waals surface area contributed by atoms with Gasteiger partial charge in [0.2, 0.25) is 0 Å². The topological polar surface area (TPSA) is 57.1 Å². The Balaban J connectivity index is 1.79. The van der Waals surface area contributed by atoms with Crippen LogP contribution in [0.1, 0.15) is 21.6 Å². The molecule has 0 bridgehead atoms. The van der Waals surface area contributed by atoms with Crippen LogP contribution in [0.5, 0.6) is 5.75 Å². The highest BCUT2D eigenvalue weighted by atomic mass is 32.1. The van der Waals surface area contributed by atoms with E-state index in [0.717, 1.165) is 41.4 Å². The van der Waals surface area contributed by atoms with Gasteiger partial charge in [0.1, 0.15) is 16.8 Å². The zero-order chi connectivity index (χ0) is 14.7. The van der Waals surface area contributed by atoms with Crippen LogP contribution < -0.4 is 15.4 Å². The molecule has 108 valence electrons. The molecule has 2 aromatic rings. The highest BCUT2D eigenvalue weighted by Gasteiger charge is 2.20. The number of nitrogens with one attached hydrogen (secondary N) is 2. The average molecular weight is 299 g/mol. The first-order valence-electron chi connectivity index (χ1n) is 6.94. The average Bonchev–Trinajstić information content (AvgIpc) is 2.90. The fraction of sp³-hybridized carbons (Fsp3) is 0.312. The van der Waals surface area contributed by atoms with Crippen molar-refractivity contribution in [2.75, 3.05) is 19.0 Å². The maximum Gasteiger partial charge on any atom is 0.119 e. The minimum absolute atomic E-state index is 0.693. The quantitative estimate of drug-likeness (QED) is 0.911. The van der Waals surface area contributed by atoms with Crippen molar-refractivity contribution in [1.29, 1.82) is 5.26 Å². The Kier molecular flexibility index (Phi) is 4.09. The molecule has 4 nitrogen and oxygen atoms in total. The molecule has 0 amide bonds. The molecule has 21 heavy (non-hydrogen) atoms. The second kappa shape index (κ2) is 6.17. The number of rotatable bonds is 4. The van der Waals surface area contributed by atoms with Gasteiger partial charge < -0.3 is 15.4 Å². The monoisotopic (exact) mass is 299 g/mol. The smallest absolute Gasteiger partial charge is 0.119 e. The minimum atomic E-state index is 0.693. The number of hydrogen-bond donors (Lipinski definition) is 2. The molecule has 1 aromatic heterocycles. The van der Waals surface area contributed by atoms with Gasteiger partial charge in [-0.2, -0.15) is 5.26 Å². The van der Waals surface area contributed by atoms with Crippen LogP contribution in [-0.4, -0.2) is 13.7 Å². The molecular weight excluding hydrogens is 282 g/mol. The van der Waals surface area contributed by atoms with Crippen molar-refractivity contribution in [1.82, 2.24) is 5.32 Å². The number of hydrogen-bond acceptors (Lipinski definition) is 5. The molecule has 1 aliphatic heterocycles. The van der Waals surface area contributed by atoms with Gasteiger partial charge >= 0.3 is 0 Å². The Labute approximate surface area is 128 Å². The fourth-order valence-corrected chi connectivity index (χ4v) is 3.71. The molecular formula is C16H17N3OS. The van der Waals surface area contributed by atoms with Gasteiger partial charge in [0, 0.05) is 18.0 Å². The lowest BCUT2D eigenvalue weighted by atomic mass is 10.1. The molecule has 0 saturated carbocycles. The first-order valence-corrected chi connectivity index (χ1v) is 7.75. The standard InChI is InChI=1S/C16H17N3OS/c1-20-12-4-2-3-11(7-12)9-19-16-14(8-17)13-5-6-18-10-15(13)21-16/h2-4,7,18-19H,5-6,9-10H2,1H3. The van der Waals surface area contributed by atoms with Crippen LogP contribution >= 0.6 is 11.3 Å². The molecule has 5 heteroatoms. The van der Waals surface area contributed by atoms with E-state index < -0.39 is 0 Å². The SMILES string of the molecule is COc1cccc(CNc2sc3c(c2C#N)CCNC3)c1. The van der Waals surface area contributed by atoms with Gasteiger partial charge in [-0.05, 0) is 36.2 Å². The Morgan fingerprint density at radius 3 is 3.19 bits per heavy atom. The van der Waals surface area contributed by atoms with Crippen LogP contribution in [0.25, 0.3) is 0 Å². The van der Waals surface area contributed by atoms with E-state index in [1.165, 1.54) is 10.4 Å². The number of fused-ring (bicyclic) bond motifs is 1. The number of nitriles is 1. The predicted molar refractivity (Wildman–Crippen MR) is 84.8 cm³/mol. The van der Waals surface area contributed by atoms with E-state index in [9.17, 15) is 5.26 Å². The van der Waals surface area contributed by atoms with E-state index in [-0.39, 0.29) is 0 Å². The molecule has 0 spiro atoms. The molecule has 1 aliphatic rings. The second-order valence-corrected chi connectivity index (χ2v) is 6.06. The van der Waals surface area contributed by atoms with Crippen molar-refractivity contribution >= 4 is 16.3 Å². The summed E-state index contributed by atoms with van der Waals surface area (Å²) in [4.78, 5) is 1.28. The Hall–Kier alpha value is -2.03. The van der Waals surface area contributed by atoms with Crippen molar-refractivity contribution in [2.24, 2.45) is 0 Å². The third kappa shape index (κ3) is 2.87. The molecule has 3 rings (SSSR count). The molecule has 2 N–H and O–H groups in total. The van der Waals surface area contributed by atoms with Crippen LogP contribution in [0.4, 0.5) is 5.00 Å². The van der Waals surface area contributed by atoms with Crippen LogP contribution in [0.15, 0.2) is 24.3 Å². The van der Waals surface area contributed by atoms with Crippen molar-refractivity contribution < 1.29 is 4.74 Å². The summed E-state index contributed by atoms with van der Waals surface area (Å²) in [6.07, 6.45) is 0.940. The molecule has 1 aromatic carbocycles. The number of methoxy groups -OCH3 is 1. The van der Waals surface area contributed by atoms with Crippen molar-refractivity contribution in [3.05, 3.63) is 45.8 Å². The summed E-state index contributed by atoms with van der Waals surface area (Å²) in [6.45, 7) is 2.52. The summed E-state index contributed by atoms with van der Waals surface area (Å²) >= 11 is 1.69. The van der Waals surface area contributed by atoms with Crippen LogP contribution in [0.2, 0.25) is 0 Å². The van der Waals surface area contributed by atoms with E-state index in [2.05, 4.69) is 22.8 Å². The third-order valence-corrected chi connectivity index (χ3v) is 4.82. The van der Waals surface area contributed by atoms with E-state index in [4.69, 9.17) is 4.74 Å². The Morgan fingerprint density at radius 2 is 2.38 bits per heavy atom. The predicted octanol–water partition coefficient (Wildman–Crippen LogP) is 2.89. The van der Waals surface area contributed by atoms with E-state index >= 15 is 0 Å². The summed E-state index contributed by atoms with van der Waals surface area (Å²) < 4.78 is 5.23. The van der Waals surface area contributed by atoms with E-state index in [1.54, 1.807) is 18.4 Å². The van der Waals surface area contributed by atoms with Crippen molar-refractivity contribution in [2.45, 2.75) is 19.5 Å². The van der Waals surface area contributed by atoms with Crippen LogP contribution in [0, 0.1) is 11.3 Å². The van der Waals surface area contributed by atoms with Crippen molar-refractivity contribution in [3.63, 3.8) is 0 Å². The third-order valence-electron chi connectivity index (χ3n) is 3.63. The lowest BCUT2D eigenvalue weighted by Crippen LogP contribution is -2.22. The molecule has 0 saturated heterocycles. The lowest BCUT2D eigenvalue weighted by molar-refractivity contribution is 0.414. The van der Waals surface area contributed by atoms with Gasteiger partial charge in [0.05, 0.1) is 12.7 Å². The van der Waals surface area contributed by atoms with Crippen LogP contribution in [-0.2, 0) is 19.5 Å². The van der Waals surface area contributed by atoms with Gasteiger partial charge in [-0.3, -0.25) is 0 Å². The number of thiophene rings is 1. The van der Waals surface area contributed by atoms with Gasteiger partial charge in [0.15, 0.2) is 0 Å². The summed E-state index contributed by atoms with van der Waals surface area (Å²) in [5.74, 6) is 0.851. The first kappa shape index (κ1) is 13.9. The number of ether oxygens (including phenoxy) is 1. The number of benzene rings is 1. The molecule has 0 aliphatic carbocycles. The molecule has 0 radical (unpaired) electrons. The Bertz CT molecular complexity index is 687. The molecule has 2 heterocycles. The maximum atomic E-state index is 9.42. The van der Waals surface area contributed by atoms with Gasteiger partial charge in [0.25, 0.3) is 0 Å². The number of nitrogens with zero attached hydrogens (tertiary/aromatic N) is 1. The van der Waals surface area contributed by atoms with Crippen LogP contribution in [0.3, 0.4) is 0 Å². The molecule has 0 atom stereocenters. The highest BCUT2D eigenvalue weighted by molar-refractivity contribution is 7.16. The maximum absolute atomic E-state index is 9.42.